The van der Waals surface area contributed by atoms with Crippen molar-refractivity contribution in [2.45, 2.75) is 52.4 Å². The average molecular weight is 461 g/mol. The molecule has 1 aliphatic rings. The second-order valence-electron chi connectivity index (χ2n) is 7.13. The maximum absolute atomic E-state index is 11.8. The van der Waals surface area contributed by atoms with Crippen LogP contribution in [0.15, 0.2) is 42.5 Å². The highest BCUT2D eigenvalue weighted by Gasteiger charge is 2.23. The normalized spacial score (nSPS) is 12.4. The van der Waals surface area contributed by atoms with Crippen molar-refractivity contribution in [3.63, 3.8) is 0 Å². The monoisotopic (exact) mass is 460 g/mol. The second kappa shape index (κ2) is 17.5. The summed E-state index contributed by atoms with van der Waals surface area (Å²) in [5.41, 5.74) is 0. The first-order valence-corrected chi connectivity index (χ1v) is 11.6. The number of hydrogen-bond donors (Lipinski definition) is 1. The summed E-state index contributed by atoms with van der Waals surface area (Å²) in [7, 11) is 0. The van der Waals surface area contributed by atoms with Crippen molar-refractivity contribution in [2.24, 2.45) is 0 Å². The van der Waals surface area contributed by atoms with Gasteiger partial charge in [0.05, 0.1) is 13.2 Å². The number of unbranched alkanes of at least 4 members (excludes halogenated alkanes) is 1. The standard InChI is InChI=1S/C23H30N2O6.C2H6/c26-19(12-15-25-22(28)10-11-23(25)29)7-6-16-30-18-13-21(27)24-14-4-5-17-31-20-8-2-1-3-9-20;1-2/h1-3,8-11H,4-7,12-18H2,(H,24,27);1-2H3. The minimum Gasteiger partial charge on any atom is -0.494 e. The zero-order chi connectivity index (χ0) is 24.3. The number of Topliss-reactive ketones (excluding diaryl/α,β-unsaturated/α-hetero) is 1. The third-order valence-corrected chi connectivity index (χ3v) is 4.64. The molecule has 33 heavy (non-hydrogen) atoms. The van der Waals surface area contributed by atoms with Crippen LogP contribution in [0.4, 0.5) is 0 Å². The summed E-state index contributed by atoms with van der Waals surface area (Å²) in [4.78, 5) is 47.4. The van der Waals surface area contributed by atoms with Gasteiger partial charge in [0, 0.05) is 51.1 Å². The lowest BCUT2D eigenvalue weighted by Crippen LogP contribution is -2.32. The summed E-state index contributed by atoms with van der Waals surface area (Å²) in [6, 6.07) is 9.61. The van der Waals surface area contributed by atoms with Crippen molar-refractivity contribution in [3.05, 3.63) is 42.5 Å². The molecule has 0 bridgehead atoms. The predicted molar refractivity (Wildman–Crippen MR) is 126 cm³/mol. The predicted octanol–water partition coefficient (Wildman–Crippen LogP) is 3.06. The SMILES string of the molecule is CC.O=C(CCCOCCC(=O)NCCCCOc1ccccc1)CCN1C(=O)C=CC1=O. The summed E-state index contributed by atoms with van der Waals surface area (Å²) >= 11 is 0. The Hall–Kier alpha value is -3.00. The molecule has 0 spiro atoms. The van der Waals surface area contributed by atoms with Crippen molar-refractivity contribution in [3.8, 4) is 5.75 Å². The van der Waals surface area contributed by atoms with E-state index in [-0.39, 0.29) is 42.9 Å². The van der Waals surface area contributed by atoms with E-state index in [2.05, 4.69) is 5.32 Å². The largest absolute Gasteiger partial charge is 0.494 e. The van der Waals surface area contributed by atoms with Gasteiger partial charge >= 0.3 is 0 Å². The molecule has 0 aromatic heterocycles. The highest BCUT2D eigenvalue weighted by Crippen LogP contribution is 2.09. The lowest BCUT2D eigenvalue weighted by Gasteiger charge is -2.12. The molecule has 1 heterocycles. The molecule has 3 amide bonds. The molecular weight excluding hydrogens is 424 g/mol. The Labute approximate surface area is 196 Å². The molecule has 1 aliphatic heterocycles. The minimum atomic E-state index is -0.375. The molecule has 0 atom stereocenters. The van der Waals surface area contributed by atoms with E-state index in [1.165, 1.54) is 12.2 Å². The molecule has 1 aromatic carbocycles. The van der Waals surface area contributed by atoms with Crippen LogP contribution >= 0.6 is 0 Å². The number of para-hydroxylation sites is 1. The lowest BCUT2D eigenvalue weighted by atomic mass is 10.1. The van der Waals surface area contributed by atoms with Gasteiger partial charge in [-0.2, -0.15) is 0 Å². The van der Waals surface area contributed by atoms with E-state index >= 15 is 0 Å². The third kappa shape index (κ3) is 12.6. The van der Waals surface area contributed by atoms with E-state index in [1.54, 1.807) is 0 Å². The second-order valence-corrected chi connectivity index (χ2v) is 7.13. The van der Waals surface area contributed by atoms with Crippen LogP contribution < -0.4 is 10.1 Å². The summed E-state index contributed by atoms with van der Waals surface area (Å²) in [5, 5.41) is 2.85. The van der Waals surface area contributed by atoms with E-state index in [9.17, 15) is 19.2 Å². The van der Waals surface area contributed by atoms with Gasteiger partial charge < -0.3 is 14.8 Å². The molecule has 0 saturated carbocycles. The molecule has 0 radical (unpaired) electrons. The smallest absolute Gasteiger partial charge is 0.253 e. The van der Waals surface area contributed by atoms with Gasteiger partial charge in [-0.05, 0) is 31.4 Å². The fourth-order valence-electron chi connectivity index (χ4n) is 2.90. The van der Waals surface area contributed by atoms with Crippen molar-refractivity contribution in [1.82, 2.24) is 10.2 Å². The van der Waals surface area contributed by atoms with Gasteiger partial charge in [-0.1, -0.05) is 32.0 Å². The van der Waals surface area contributed by atoms with Crippen LogP contribution in [0, 0.1) is 0 Å². The number of nitrogens with one attached hydrogen (secondary N) is 1. The molecule has 0 fully saturated rings. The van der Waals surface area contributed by atoms with Crippen molar-refractivity contribution in [1.29, 1.82) is 0 Å². The molecule has 0 unspecified atom stereocenters. The topological polar surface area (TPSA) is 102 Å². The van der Waals surface area contributed by atoms with Crippen molar-refractivity contribution >= 4 is 23.5 Å². The first-order valence-electron chi connectivity index (χ1n) is 11.6. The number of imide groups is 1. The van der Waals surface area contributed by atoms with Gasteiger partial charge in [0.1, 0.15) is 11.5 Å². The first kappa shape index (κ1) is 28.0. The van der Waals surface area contributed by atoms with Crippen LogP contribution in [0.2, 0.25) is 0 Å². The molecule has 1 aromatic rings. The van der Waals surface area contributed by atoms with Crippen molar-refractivity contribution in [2.75, 3.05) is 32.9 Å². The number of rotatable bonds is 16. The molecule has 1 N–H and O–H groups in total. The summed E-state index contributed by atoms with van der Waals surface area (Å²) in [6.07, 6.45) is 5.40. The zero-order valence-electron chi connectivity index (χ0n) is 19.7. The van der Waals surface area contributed by atoms with Gasteiger partial charge in [0.25, 0.3) is 11.8 Å². The highest BCUT2D eigenvalue weighted by molar-refractivity contribution is 6.13. The summed E-state index contributed by atoms with van der Waals surface area (Å²) in [6.45, 7) is 6.02. The Morgan fingerprint density at radius 1 is 0.848 bits per heavy atom. The number of benzene rings is 1. The fourth-order valence-corrected chi connectivity index (χ4v) is 2.90. The first-order chi connectivity index (χ1) is 16.1. The van der Waals surface area contributed by atoms with Crippen LogP contribution in [0.5, 0.6) is 5.75 Å². The van der Waals surface area contributed by atoms with Crippen molar-refractivity contribution < 1.29 is 28.7 Å². The Bertz CT molecular complexity index is 745. The van der Waals surface area contributed by atoms with Gasteiger partial charge in [-0.15, -0.1) is 0 Å². The molecule has 2 rings (SSSR count). The van der Waals surface area contributed by atoms with Crippen LogP contribution in [0.1, 0.15) is 52.4 Å². The third-order valence-electron chi connectivity index (χ3n) is 4.64. The molecule has 0 aliphatic carbocycles. The van der Waals surface area contributed by atoms with E-state index in [0.29, 0.717) is 39.2 Å². The number of ether oxygens (including phenoxy) is 2. The zero-order valence-corrected chi connectivity index (χ0v) is 19.7. The van der Waals surface area contributed by atoms with E-state index in [4.69, 9.17) is 9.47 Å². The molecule has 182 valence electrons. The molecule has 0 saturated heterocycles. The van der Waals surface area contributed by atoms with Crippen LogP contribution in [-0.4, -0.2) is 61.3 Å². The number of ketones is 1. The summed E-state index contributed by atoms with van der Waals surface area (Å²) < 4.78 is 11.0. The number of carbonyl (C=O) groups excluding carboxylic acids is 4. The minimum absolute atomic E-state index is 0.0231. The highest BCUT2D eigenvalue weighted by atomic mass is 16.5. The number of nitrogens with zero attached hydrogens (tertiary/aromatic N) is 1. The van der Waals surface area contributed by atoms with Gasteiger partial charge in [0.15, 0.2) is 0 Å². The quantitative estimate of drug-likeness (QED) is 0.300. The van der Waals surface area contributed by atoms with E-state index < -0.39 is 0 Å². The number of hydrogen-bond acceptors (Lipinski definition) is 6. The fraction of sp³-hybridized carbons (Fsp3) is 0.520. The maximum Gasteiger partial charge on any atom is 0.253 e. The summed E-state index contributed by atoms with van der Waals surface area (Å²) in [5.74, 6) is 0.0121. The van der Waals surface area contributed by atoms with E-state index in [0.717, 1.165) is 23.5 Å². The van der Waals surface area contributed by atoms with Crippen LogP contribution in [0.25, 0.3) is 0 Å². The molecule has 8 nitrogen and oxygen atoms in total. The Kier molecular flexibility index (Phi) is 14.9. The molecule has 8 heteroatoms. The van der Waals surface area contributed by atoms with E-state index in [1.807, 2.05) is 44.2 Å². The lowest BCUT2D eigenvalue weighted by molar-refractivity contribution is -0.137. The average Bonchev–Trinajstić information content (AvgIpc) is 3.16. The van der Waals surface area contributed by atoms with Gasteiger partial charge in [0.2, 0.25) is 5.91 Å². The Morgan fingerprint density at radius 3 is 2.24 bits per heavy atom. The Balaban J connectivity index is 0.00000265. The number of amides is 3. The molecular formula is C25H36N2O6. The van der Waals surface area contributed by atoms with Crippen LogP contribution in [-0.2, 0) is 23.9 Å². The maximum atomic E-state index is 11.8. The van der Waals surface area contributed by atoms with Crippen LogP contribution in [0.3, 0.4) is 0 Å². The number of carbonyl (C=O) groups is 4. The van der Waals surface area contributed by atoms with Gasteiger partial charge in [-0.25, -0.2) is 0 Å². The van der Waals surface area contributed by atoms with Gasteiger partial charge in [-0.3, -0.25) is 24.1 Å². The Morgan fingerprint density at radius 2 is 1.55 bits per heavy atom.